The third-order valence-electron chi connectivity index (χ3n) is 2.79. The van der Waals surface area contributed by atoms with Gasteiger partial charge in [0, 0.05) is 18.9 Å². The smallest absolute Gasteiger partial charge is 0.356 e. The topological polar surface area (TPSA) is 72.9 Å². The molecule has 1 heterocycles. The SMILES string of the molecule is CCOc1ccc(/C=C/C(=O)ON2C(=O)CCC2=O)cc1. The van der Waals surface area contributed by atoms with Crippen molar-refractivity contribution in [2.75, 3.05) is 6.61 Å². The highest BCUT2D eigenvalue weighted by Crippen LogP contribution is 2.14. The molecular weight excluding hydrogens is 274 g/mol. The first-order valence-electron chi connectivity index (χ1n) is 6.59. The molecule has 1 aliphatic rings. The third kappa shape index (κ3) is 3.92. The number of rotatable bonds is 5. The molecule has 0 spiro atoms. The Labute approximate surface area is 121 Å². The molecule has 0 saturated carbocycles. The summed E-state index contributed by atoms with van der Waals surface area (Å²) >= 11 is 0. The molecule has 2 rings (SSSR count). The fraction of sp³-hybridized carbons (Fsp3) is 0.267. The second-order valence-electron chi connectivity index (χ2n) is 4.33. The van der Waals surface area contributed by atoms with Crippen LogP contribution in [0.1, 0.15) is 25.3 Å². The Balaban J connectivity index is 1.92. The highest BCUT2D eigenvalue weighted by atomic mass is 16.7. The molecule has 0 aromatic heterocycles. The lowest BCUT2D eigenvalue weighted by Gasteiger charge is -2.10. The van der Waals surface area contributed by atoms with Gasteiger partial charge in [-0.3, -0.25) is 9.59 Å². The molecule has 6 nitrogen and oxygen atoms in total. The van der Waals surface area contributed by atoms with E-state index in [0.29, 0.717) is 11.7 Å². The van der Waals surface area contributed by atoms with Gasteiger partial charge in [0.1, 0.15) is 5.75 Å². The Kier molecular flexibility index (Phi) is 4.71. The zero-order chi connectivity index (χ0) is 15.2. The zero-order valence-electron chi connectivity index (χ0n) is 11.6. The van der Waals surface area contributed by atoms with E-state index in [-0.39, 0.29) is 12.8 Å². The van der Waals surface area contributed by atoms with Crippen LogP contribution < -0.4 is 4.74 Å². The average molecular weight is 289 g/mol. The van der Waals surface area contributed by atoms with E-state index in [1.807, 2.05) is 6.92 Å². The van der Waals surface area contributed by atoms with Gasteiger partial charge in [0.05, 0.1) is 6.61 Å². The van der Waals surface area contributed by atoms with Crippen LogP contribution in [0.5, 0.6) is 5.75 Å². The van der Waals surface area contributed by atoms with Gasteiger partial charge in [0.2, 0.25) is 0 Å². The summed E-state index contributed by atoms with van der Waals surface area (Å²) in [5, 5.41) is 0.519. The molecule has 0 aliphatic carbocycles. The highest BCUT2D eigenvalue weighted by Gasteiger charge is 2.32. The lowest BCUT2D eigenvalue weighted by atomic mass is 10.2. The summed E-state index contributed by atoms with van der Waals surface area (Å²) in [7, 11) is 0. The minimum atomic E-state index is -0.771. The molecule has 0 unspecified atom stereocenters. The van der Waals surface area contributed by atoms with E-state index >= 15 is 0 Å². The van der Waals surface area contributed by atoms with Crippen molar-refractivity contribution in [2.45, 2.75) is 19.8 Å². The Morgan fingerprint density at radius 1 is 1.19 bits per heavy atom. The van der Waals surface area contributed by atoms with Gasteiger partial charge in [-0.25, -0.2) is 4.79 Å². The summed E-state index contributed by atoms with van der Waals surface area (Å²) in [6.45, 7) is 2.48. The molecule has 0 radical (unpaired) electrons. The third-order valence-corrected chi connectivity index (χ3v) is 2.79. The van der Waals surface area contributed by atoms with Gasteiger partial charge in [0.15, 0.2) is 0 Å². The molecule has 2 amide bonds. The second kappa shape index (κ2) is 6.69. The summed E-state index contributed by atoms with van der Waals surface area (Å²) in [5.41, 5.74) is 0.773. The number of hydrogen-bond donors (Lipinski definition) is 0. The molecule has 1 aromatic carbocycles. The Bertz CT molecular complexity index is 560. The average Bonchev–Trinajstić information content (AvgIpc) is 2.79. The minimum Gasteiger partial charge on any atom is -0.494 e. The maximum absolute atomic E-state index is 11.6. The molecule has 0 N–H and O–H groups in total. The summed E-state index contributed by atoms with van der Waals surface area (Å²) in [4.78, 5) is 38.8. The van der Waals surface area contributed by atoms with Crippen LogP contribution in [0.3, 0.4) is 0 Å². The second-order valence-corrected chi connectivity index (χ2v) is 4.33. The van der Waals surface area contributed by atoms with Crippen LogP contribution >= 0.6 is 0 Å². The summed E-state index contributed by atoms with van der Waals surface area (Å²) in [6, 6.07) is 7.12. The van der Waals surface area contributed by atoms with Crippen molar-refractivity contribution in [3.05, 3.63) is 35.9 Å². The number of carbonyl (C=O) groups is 3. The van der Waals surface area contributed by atoms with E-state index in [2.05, 4.69) is 0 Å². The first-order chi connectivity index (χ1) is 10.1. The highest BCUT2D eigenvalue weighted by molar-refractivity contribution is 6.02. The molecule has 1 aromatic rings. The predicted molar refractivity (Wildman–Crippen MR) is 73.8 cm³/mol. The van der Waals surface area contributed by atoms with E-state index in [4.69, 9.17) is 9.57 Å². The van der Waals surface area contributed by atoms with Crippen LogP contribution in [-0.2, 0) is 19.2 Å². The summed E-state index contributed by atoms with van der Waals surface area (Å²) in [6.07, 6.45) is 2.85. The Morgan fingerprint density at radius 3 is 2.38 bits per heavy atom. The summed E-state index contributed by atoms with van der Waals surface area (Å²) < 4.78 is 5.30. The standard InChI is InChI=1S/C15H15NO5/c1-2-20-12-6-3-11(4-7-12)5-10-15(19)21-16-13(17)8-9-14(16)18/h3-7,10H,2,8-9H2,1H3/b10-5+. The van der Waals surface area contributed by atoms with Crippen LogP contribution in [-0.4, -0.2) is 29.5 Å². The molecule has 6 heteroatoms. The molecule has 0 atom stereocenters. The van der Waals surface area contributed by atoms with E-state index in [9.17, 15) is 14.4 Å². The lowest BCUT2D eigenvalue weighted by molar-refractivity contribution is -0.193. The first kappa shape index (κ1) is 14.8. The van der Waals surface area contributed by atoms with Crippen molar-refractivity contribution in [2.24, 2.45) is 0 Å². The van der Waals surface area contributed by atoms with Crippen molar-refractivity contribution < 1.29 is 24.0 Å². The molecule has 21 heavy (non-hydrogen) atoms. The van der Waals surface area contributed by atoms with Crippen molar-refractivity contribution >= 4 is 23.9 Å². The fourth-order valence-corrected chi connectivity index (χ4v) is 1.78. The van der Waals surface area contributed by atoms with E-state index in [1.165, 1.54) is 6.08 Å². The predicted octanol–water partition coefficient (Wildman–Crippen LogP) is 1.71. The molecule has 1 saturated heterocycles. The van der Waals surface area contributed by atoms with Crippen molar-refractivity contribution in [3.8, 4) is 5.75 Å². The van der Waals surface area contributed by atoms with Crippen LogP contribution in [0.15, 0.2) is 30.3 Å². The number of ether oxygens (including phenoxy) is 1. The largest absolute Gasteiger partial charge is 0.494 e. The quantitative estimate of drug-likeness (QED) is 0.609. The number of amides is 2. The van der Waals surface area contributed by atoms with E-state index < -0.39 is 17.8 Å². The number of hydroxylamine groups is 2. The maximum Gasteiger partial charge on any atom is 0.356 e. The van der Waals surface area contributed by atoms with Gasteiger partial charge in [0.25, 0.3) is 11.8 Å². The van der Waals surface area contributed by atoms with Gasteiger partial charge in [-0.15, -0.1) is 5.06 Å². The van der Waals surface area contributed by atoms with Gasteiger partial charge in [-0.05, 0) is 30.7 Å². The van der Waals surface area contributed by atoms with Crippen molar-refractivity contribution in [3.63, 3.8) is 0 Å². The normalized spacial score (nSPS) is 14.8. The van der Waals surface area contributed by atoms with Gasteiger partial charge >= 0.3 is 5.97 Å². The van der Waals surface area contributed by atoms with Crippen LogP contribution in [0.2, 0.25) is 0 Å². The van der Waals surface area contributed by atoms with Gasteiger partial charge < -0.3 is 9.57 Å². The van der Waals surface area contributed by atoms with Gasteiger partial charge in [-0.1, -0.05) is 12.1 Å². The molecular formula is C15H15NO5. The number of nitrogens with zero attached hydrogens (tertiary/aromatic N) is 1. The zero-order valence-corrected chi connectivity index (χ0v) is 11.6. The molecule has 110 valence electrons. The molecule has 1 aliphatic heterocycles. The molecule has 1 fully saturated rings. The summed E-state index contributed by atoms with van der Waals surface area (Å²) in [5.74, 6) is -1.02. The lowest BCUT2D eigenvalue weighted by Crippen LogP contribution is -2.31. The van der Waals surface area contributed by atoms with E-state index in [1.54, 1.807) is 24.3 Å². The number of carbonyl (C=O) groups excluding carboxylic acids is 3. The monoisotopic (exact) mass is 289 g/mol. The first-order valence-corrected chi connectivity index (χ1v) is 6.59. The molecule has 0 bridgehead atoms. The minimum absolute atomic E-state index is 0.0781. The Morgan fingerprint density at radius 2 is 1.81 bits per heavy atom. The van der Waals surface area contributed by atoms with E-state index in [0.717, 1.165) is 17.4 Å². The van der Waals surface area contributed by atoms with Crippen molar-refractivity contribution in [1.82, 2.24) is 5.06 Å². The number of benzene rings is 1. The van der Waals surface area contributed by atoms with Crippen LogP contribution in [0.4, 0.5) is 0 Å². The van der Waals surface area contributed by atoms with Gasteiger partial charge in [-0.2, -0.15) is 0 Å². The maximum atomic E-state index is 11.6. The van der Waals surface area contributed by atoms with Crippen LogP contribution in [0.25, 0.3) is 6.08 Å². The number of hydrogen-bond acceptors (Lipinski definition) is 5. The van der Waals surface area contributed by atoms with Crippen molar-refractivity contribution in [1.29, 1.82) is 0 Å². The fourth-order valence-electron chi connectivity index (χ4n) is 1.78. The number of imide groups is 1. The van der Waals surface area contributed by atoms with Crippen LogP contribution in [0, 0.1) is 0 Å². The Hall–Kier alpha value is -2.63.